The van der Waals surface area contributed by atoms with Crippen LogP contribution in [0.15, 0.2) is 18.2 Å². The highest BCUT2D eigenvalue weighted by atomic mass is 35.5. The third kappa shape index (κ3) is 6.59. The molecule has 0 aromatic heterocycles. The lowest BCUT2D eigenvalue weighted by Gasteiger charge is -2.16. The second-order valence-electron chi connectivity index (χ2n) is 4.76. The van der Waals surface area contributed by atoms with Gasteiger partial charge in [0.25, 0.3) is 0 Å². The number of halogens is 2. The second-order valence-corrected chi connectivity index (χ2v) is 5.60. The number of nitrogens with zero attached hydrogens (tertiary/aromatic N) is 1. The van der Waals surface area contributed by atoms with E-state index in [9.17, 15) is 0 Å². The molecule has 0 saturated heterocycles. The lowest BCUT2D eigenvalue weighted by molar-refractivity contribution is 0.118. The highest BCUT2D eigenvalue weighted by Crippen LogP contribution is 2.25. The van der Waals surface area contributed by atoms with Gasteiger partial charge < -0.3 is 15.0 Å². The molecule has 0 amide bonds. The van der Waals surface area contributed by atoms with Gasteiger partial charge >= 0.3 is 0 Å². The van der Waals surface area contributed by atoms with E-state index in [-0.39, 0.29) is 6.04 Å². The molecule has 1 unspecified atom stereocenters. The Hall–Kier alpha value is -0.320. The zero-order valence-electron chi connectivity index (χ0n) is 11.7. The Morgan fingerprint density at radius 2 is 2.00 bits per heavy atom. The maximum atomic E-state index is 6.15. The maximum absolute atomic E-state index is 6.15. The minimum Gasteiger partial charge on any atom is -0.379 e. The van der Waals surface area contributed by atoms with Crippen molar-refractivity contribution in [3.05, 3.63) is 33.8 Å². The summed E-state index contributed by atoms with van der Waals surface area (Å²) in [7, 11) is 4.07. The Bertz CT molecular complexity index is 386. The second kappa shape index (κ2) is 8.77. The molecule has 0 fully saturated rings. The molecular formula is C14H22Cl2N2O. The zero-order chi connectivity index (χ0) is 14.3. The van der Waals surface area contributed by atoms with Gasteiger partial charge in [0, 0.05) is 29.2 Å². The number of hydrogen-bond donors (Lipinski definition) is 1. The van der Waals surface area contributed by atoms with Crippen molar-refractivity contribution in [3.63, 3.8) is 0 Å². The van der Waals surface area contributed by atoms with Crippen molar-refractivity contribution in [2.75, 3.05) is 40.4 Å². The third-order valence-electron chi connectivity index (χ3n) is 2.80. The van der Waals surface area contributed by atoms with Crippen LogP contribution in [0.4, 0.5) is 0 Å². The largest absolute Gasteiger partial charge is 0.379 e. The van der Waals surface area contributed by atoms with Crippen LogP contribution < -0.4 is 5.32 Å². The fourth-order valence-corrected chi connectivity index (χ4v) is 2.11. The Morgan fingerprint density at radius 3 is 2.68 bits per heavy atom. The SMILES string of the molecule is CC(NCCOCCN(C)C)c1cc(Cl)ccc1Cl. The zero-order valence-corrected chi connectivity index (χ0v) is 13.3. The van der Waals surface area contributed by atoms with Gasteiger partial charge in [-0.15, -0.1) is 0 Å². The van der Waals surface area contributed by atoms with Crippen LogP contribution in [-0.2, 0) is 4.74 Å². The van der Waals surface area contributed by atoms with Gasteiger partial charge in [-0.3, -0.25) is 0 Å². The summed E-state index contributed by atoms with van der Waals surface area (Å²) in [5.74, 6) is 0. The summed E-state index contributed by atoms with van der Waals surface area (Å²) in [6, 6.07) is 5.67. The first-order valence-electron chi connectivity index (χ1n) is 6.41. The minimum absolute atomic E-state index is 0.156. The predicted molar refractivity (Wildman–Crippen MR) is 82.3 cm³/mol. The summed E-state index contributed by atoms with van der Waals surface area (Å²) >= 11 is 12.1. The monoisotopic (exact) mass is 304 g/mol. The third-order valence-corrected chi connectivity index (χ3v) is 3.38. The molecular weight excluding hydrogens is 283 g/mol. The van der Waals surface area contributed by atoms with Crippen molar-refractivity contribution in [2.24, 2.45) is 0 Å². The molecule has 0 saturated carbocycles. The molecule has 0 aliphatic heterocycles. The molecule has 0 aliphatic rings. The molecule has 0 bridgehead atoms. The molecule has 0 heterocycles. The van der Waals surface area contributed by atoms with Crippen LogP contribution in [-0.4, -0.2) is 45.3 Å². The van der Waals surface area contributed by atoms with E-state index in [1.807, 2.05) is 26.2 Å². The molecule has 0 aliphatic carbocycles. The molecule has 0 radical (unpaired) electrons. The Morgan fingerprint density at radius 1 is 1.26 bits per heavy atom. The predicted octanol–water partition coefficient (Wildman–Crippen LogP) is 3.22. The standard InChI is InChI=1S/C14H22Cl2N2O/c1-11(13-10-12(15)4-5-14(13)16)17-6-8-19-9-7-18(2)3/h4-5,10-11,17H,6-9H2,1-3H3. The minimum atomic E-state index is 0.156. The molecule has 0 spiro atoms. The maximum Gasteiger partial charge on any atom is 0.0593 e. The van der Waals surface area contributed by atoms with Crippen LogP contribution in [0, 0.1) is 0 Å². The Balaban J connectivity index is 2.27. The molecule has 108 valence electrons. The summed E-state index contributed by atoms with van der Waals surface area (Å²) in [6.45, 7) is 5.24. The fraction of sp³-hybridized carbons (Fsp3) is 0.571. The number of hydrogen-bond acceptors (Lipinski definition) is 3. The van der Waals surface area contributed by atoms with Crippen LogP contribution in [0.25, 0.3) is 0 Å². The van der Waals surface area contributed by atoms with E-state index in [0.29, 0.717) is 11.6 Å². The van der Waals surface area contributed by atoms with E-state index in [1.165, 1.54) is 0 Å². The number of benzene rings is 1. The van der Waals surface area contributed by atoms with Gasteiger partial charge in [-0.2, -0.15) is 0 Å². The highest BCUT2D eigenvalue weighted by molar-refractivity contribution is 6.33. The van der Waals surface area contributed by atoms with Crippen LogP contribution in [0.1, 0.15) is 18.5 Å². The van der Waals surface area contributed by atoms with Gasteiger partial charge in [-0.1, -0.05) is 23.2 Å². The molecule has 1 atom stereocenters. The fourth-order valence-electron chi connectivity index (χ4n) is 1.65. The van der Waals surface area contributed by atoms with Crippen LogP contribution >= 0.6 is 23.2 Å². The van der Waals surface area contributed by atoms with Gasteiger partial charge in [0.2, 0.25) is 0 Å². The summed E-state index contributed by atoms with van der Waals surface area (Å²) in [5.41, 5.74) is 1.02. The summed E-state index contributed by atoms with van der Waals surface area (Å²) in [6.07, 6.45) is 0. The first kappa shape index (κ1) is 16.7. The number of rotatable bonds is 8. The van der Waals surface area contributed by atoms with Crippen molar-refractivity contribution in [1.29, 1.82) is 0 Å². The molecule has 5 heteroatoms. The van der Waals surface area contributed by atoms with Gasteiger partial charge in [-0.25, -0.2) is 0 Å². The highest BCUT2D eigenvalue weighted by Gasteiger charge is 2.09. The first-order chi connectivity index (χ1) is 9.00. The molecule has 19 heavy (non-hydrogen) atoms. The molecule has 3 nitrogen and oxygen atoms in total. The van der Waals surface area contributed by atoms with Crippen LogP contribution in [0.3, 0.4) is 0 Å². The van der Waals surface area contributed by atoms with E-state index in [1.54, 1.807) is 6.07 Å². The lowest BCUT2D eigenvalue weighted by Crippen LogP contribution is -2.25. The number of nitrogens with one attached hydrogen (secondary N) is 1. The molecule has 1 N–H and O–H groups in total. The summed E-state index contributed by atoms with van der Waals surface area (Å²) in [5, 5.41) is 4.81. The molecule has 1 aromatic rings. The normalized spacial score (nSPS) is 12.9. The summed E-state index contributed by atoms with van der Waals surface area (Å²) in [4.78, 5) is 2.10. The van der Waals surface area contributed by atoms with Gasteiger partial charge in [0.05, 0.1) is 13.2 Å². The smallest absolute Gasteiger partial charge is 0.0593 e. The molecule has 1 aromatic carbocycles. The van der Waals surface area contributed by atoms with E-state index < -0.39 is 0 Å². The van der Waals surface area contributed by atoms with Gasteiger partial charge in [0.15, 0.2) is 0 Å². The average molecular weight is 305 g/mol. The van der Waals surface area contributed by atoms with E-state index in [2.05, 4.69) is 17.1 Å². The van der Waals surface area contributed by atoms with E-state index in [0.717, 1.165) is 30.3 Å². The van der Waals surface area contributed by atoms with Gasteiger partial charge in [0.1, 0.15) is 0 Å². The average Bonchev–Trinajstić information content (AvgIpc) is 2.36. The van der Waals surface area contributed by atoms with Gasteiger partial charge in [-0.05, 0) is 44.8 Å². The Labute approximate surface area is 125 Å². The van der Waals surface area contributed by atoms with E-state index in [4.69, 9.17) is 27.9 Å². The lowest BCUT2D eigenvalue weighted by atomic mass is 10.1. The van der Waals surface area contributed by atoms with Crippen molar-refractivity contribution >= 4 is 23.2 Å². The first-order valence-corrected chi connectivity index (χ1v) is 7.17. The van der Waals surface area contributed by atoms with Crippen molar-refractivity contribution in [3.8, 4) is 0 Å². The number of ether oxygens (including phenoxy) is 1. The topological polar surface area (TPSA) is 24.5 Å². The van der Waals surface area contributed by atoms with Crippen LogP contribution in [0.2, 0.25) is 10.0 Å². The van der Waals surface area contributed by atoms with Crippen molar-refractivity contribution in [2.45, 2.75) is 13.0 Å². The summed E-state index contributed by atoms with van der Waals surface area (Å²) < 4.78 is 5.52. The number of likely N-dealkylation sites (N-methyl/N-ethyl adjacent to an activating group) is 1. The molecule has 1 rings (SSSR count). The van der Waals surface area contributed by atoms with Crippen molar-refractivity contribution in [1.82, 2.24) is 10.2 Å². The van der Waals surface area contributed by atoms with E-state index >= 15 is 0 Å². The van der Waals surface area contributed by atoms with Crippen LogP contribution in [0.5, 0.6) is 0 Å². The quantitative estimate of drug-likeness (QED) is 0.746. The van der Waals surface area contributed by atoms with Crippen molar-refractivity contribution < 1.29 is 4.74 Å². The Kier molecular flexibility index (Phi) is 7.73.